The van der Waals surface area contributed by atoms with E-state index in [0.29, 0.717) is 12.0 Å². The Balaban J connectivity index is 1.90. The number of likely N-dealkylation sites (tertiary alicyclic amines) is 1. The standard InChI is InChI=1S/C16H28N4O/c1-5-13-10-20(16(21)11(2)3)7-6-15(13)17-8-14-9-18-19-12(14)4/h9,11,13,15,17H,5-8,10H2,1-4H3,(H,18,19). The molecule has 1 amide bonds. The molecule has 1 aliphatic rings. The molecule has 2 rings (SSSR count). The Labute approximate surface area is 127 Å². The first-order valence-corrected chi connectivity index (χ1v) is 8.04. The van der Waals surface area contributed by atoms with Crippen molar-refractivity contribution in [1.29, 1.82) is 0 Å². The maximum absolute atomic E-state index is 12.1. The van der Waals surface area contributed by atoms with E-state index in [-0.39, 0.29) is 11.8 Å². The molecule has 2 N–H and O–H groups in total. The van der Waals surface area contributed by atoms with Crippen LogP contribution in [0, 0.1) is 18.8 Å². The highest BCUT2D eigenvalue weighted by atomic mass is 16.2. The fourth-order valence-corrected chi connectivity index (χ4v) is 3.07. The number of H-pyrrole nitrogens is 1. The van der Waals surface area contributed by atoms with Gasteiger partial charge in [-0.1, -0.05) is 27.2 Å². The fourth-order valence-electron chi connectivity index (χ4n) is 3.07. The third-order valence-corrected chi connectivity index (χ3v) is 4.55. The predicted molar refractivity (Wildman–Crippen MR) is 83.8 cm³/mol. The second-order valence-corrected chi connectivity index (χ2v) is 6.40. The maximum Gasteiger partial charge on any atom is 0.225 e. The summed E-state index contributed by atoms with van der Waals surface area (Å²) in [5.74, 6) is 0.923. The van der Waals surface area contributed by atoms with Crippen LogP contribution in [-0.2, 0) is 11.3 Å². The quantitative estimate of drug-likeness (QED) is 0.873. The summed E-state index contributed by atoms with van der Waals surface area (Å²) in [5, 5.41) is 10.7. The van der Waals surface area contributed by atoms with Gasteiger partial charge < -0.3 is 10.2 Å². The molecule has 1 aromatic heterocycles. The lowest BCUT2D eigenvalue weighted by Crippen LogP contribution is -2.51. The van der Waals surface area contributed by atoms with Gasteiger partial charge in [0.25, 0.3) is 0 Å². The first-order chi connectivity index (χ1) is 10.0. The number of hydrogen-bond acceptors (Lipinski definition) is 3. The lowest BCUT2D eigenvalue weighted by Gasteiger charge is -2.39. The Morgan fingerprint density at radius 3 is 2.90 bits per heavy atom. The number of aromatic amines is 1. The third-order valence-electron chi connectivity index (χ3n) is 4.55. The average Bonchev–Trinajstić information content (AvgIpc) is 2.89. The highest BCUT2D eigenvalue weighted by molar-refractivity contribution is 5.78. The van der Waals surface area contributed by atoms with E-state index in [4.69, 9.17) is 0 Å². The number of nitrogens with one attached hydrogen (secondary N) is 2. The molecular formula is C16H28N4O. The molecule has 0 bridgehead atoms. The van der Waals surface area contributed by atoms with E-state index >= 15 is 0 Å². The molecule has 0 spiro atoms. The van der Waals surface area contributed by atoms with E-state index < -0.39 is 0 Å². The molecule has 1 fully saturated rings. The molecule has 2 atom stereocenters. The second-order valence-electron chi connectivity index (χ2n) is 6.40. The first-order valence-electron chi connectivity index (χ1n) is 8.04. The van der Waals surface area contributed by atoms with Crippen LogP contribution in [0.4, 0.5) is 0 Å². The molecule has 0 aliphatic carbocycles. The van der Waals surface area contributed by atoms with E-state index in [2.05, 4.69) is 22.4 Å². The van der Waals surface area contributed by atoms with Gasteiger partial charge in [0, 0.05) is 42.9 Å². The molecule has 0 saturated carbocycles. The molecule has 5 heteroatoms. The highest BCUT2D eigenvalue weighted by Gasteiger charge is 2.30. The summed E-state index contributed by atoms with van der Waals surface area (Å²) in [6.07, 6.45) is 4.03. The van der Waals surface area contributed by atoms with E-state index in [0.717, 1.165) is 38.2 Å². The van der Waals surface area contributed by atoms with Crippen molar-refractivity contribution in [2.24, 2.45) is 11.8 Å². The van der Waals surface area contributed by atoms with E-state index in [9.17, 15) is 4.79 Å². The molecular weight excluding hydrogens is 264 g/mol. The Bertz CT molecular complexity index is 469. The van der Waals surface area contributed by atoms with Gasteiger partial charge >= 0.3 is 0 Å². The van der Waals surface area contributed by atoms with Crippen molar-refractivity contribution < 1.29 is 4.79 Å². The van der Waals surface area contributed by atoms with Crippen LogP contribution in [0.3, 0.4) is 0 Å². The second kappa shape index (κ2) is 7.07. The topological polar surface area (TPSA) is 61.0 Å². The molecule has 118 valence electrons. The Kier molecular flexibility index (Phi) is 5.39. The van der Waals surface area contributed by atoms with Gasteiger partial charge in [0.15, 0.2) is 0 Å². The van der Waals surface area contributed by atoms with Crippen molar-refractivity contribution in [2.45, 2.75) is 53.1 Å². The van der Waals surface area contributed by atoms with Crippen LogP contribution < -0.4 is 5.32 Å². The molecule has 0 aromatic carbocycles. The monoisotopic (exact) mass is 292 g/mol. The Morgan fingerprint density at radius 1 is 1.57 bits per heavy atom. The molecule has 1 aromatic rings. The average molecular weight is 292 g/mol. The van der Waals surface area contributed by atoms with Gasteiger partial charge in [0.1, 0.15) is 0 Å². The number of aromatic nitrogens is 2. The number of nitrogens with zero attached hydrogens (tertiary/aromatic N) is 2. The van der Waals surface area contributed by atoms with Gasteiger partial charge in [0.05, 0.1) is 6.20 Å². The van der Waals surface area contributed by atoms with Crippen molar-refractivity contribution in [3.8, 4) is 0 Å². The summed E-state index contributed by atoms with van der Waals surface area (Å²) in [6, 6.07) is 0.487. The van der Waals surface area contributed by atoms with Crippen LogP contribution in [-0.4, -0.2) is 40.1 Å². The van der Waals surface area contributed by atoms with E-state index in [1.807, 2.05) is 31.9 Å². The van der Waals surface area contributed by atoms with Gasteiger partial charge in [-0.05, 0) is 19.3 Å². The van der Waals surface area contributed by atoms with E-state index in [1.165, 1.54) is 5.56 Å². The number of piperidine rings is 1. The number of hydrogen-bond donors (Lipinski definition) is 2. The number of aryl methyl sites for hydroxylation is 1. The van der Waals surface area contributed by atoms with Crippen molar-refractivity contribution in [3.63, 3.8) is 0 Å². The van der Waals surface area contributed by atoms with Crippen LogP contribution in [0.25, 0.3) is 0 Å². The van der Waals surface area contributed by atoms with Crippen LogP contribution in [0.15, 0.2) is 6.20 Å². The zero-order chi connectivity index (χ0) is 15.4. The molecule has 2 unspecified atom stereocenters. The van der Waals surface area contributed by atoms with Crippen LogP contribution in [0.2, 0.25) is 0 Å². The molecule has 21 heavy (non-hydrogen) atoms. The van der Waals surface area contributed by atoms with Gasteiger partial charge in [-0.15, -0.1) is 0 Å². The number of carbonyl (C=O) groups is 1. The normalized spacial score (nSPS) is 22.8. The molecule has 1 saturated heterocycles. The number of amides is 1. The zero-order valence-corrected chi connectivity index (χ0v) is 13.6. The van der Waals surface area contributed by atoms with Crippen LogP contribution in [0.5, 0.6) is 0 Å². The summed E-state index contributed by atoms with van der Waals surface area (Å²) in [7, 11) is 0. The minimum atomic E-state index is 0.0978. The van der Waals surface area contributed by atoms with Crippen LogP contribution >= 0.6 is 0 Å². The summed E-state index contributed by atoms with van der Waals surface area (Å²) in [5.41, 5.74) is 2.36. The predicted octanol–water partition coefficient (Wildman–Crippen LogP) is 2.09. The molecule has 0 radical (unpaired) electrons. The van der Waals surface area contributed by atoms with Crippen LogP contribution in [0.1, 0.15) is 44.9 Å². The van der Waals surface area contributed by atoms with E-state index in [1.54, 1.807) is 0 Å². The largest absolute Gasteiger partial charge is 0.342 e. The third kappa shape index (κ3) is 3.84. The Hall–Kier alpha value is -1.36. The fraction of sp³-hybridized carbons (Fsp3) is 0.750. The van der Waals surface area contributed by atoms with Gasteiger partial charge in [-0.2, -0.15) is 5.10 Å². The van der Waals surface area contributed by atoms with Crippen molar-refractivity contribution in [3.05, 3.63) is 17.5 Å². The summed E-state index contributed by atoms with van der Waals surface area (Å²) < 4.78 is 0. The summed E-state index contributed by atoms with van der Waals surface area (Å²) in [6.45, 7) is 10.8. The minimum Gasteiger partial charge on any atom is -0.342 e. The number of carbonyl (C=O) groups excluding carboxylic acids is 1. The van der Waals surface area contributed by atoms with Gasteiger partial charge in [-0.3, -0.25) is 9.89 Å². The molecule has 5 nitrogen and oxygen atoms in total. The van der Waals surface area contributed by atoms with Gasteiger partial charge in [-0.25, -0.2) is 0 Å². The van der Waals surface area contributed by atoms with Gasteiger partial charge in [0.2, 0.25) is 5.91 Å². The lowest BCUT2D eigenvalue weighted by atomic mass is 9.89. The lowest BCUT2D eigenvalue weighted by molar-refractivity contribution is -0.136. The minimum absolute atomic E-state index is 0.0978. The SMILES string of the molecule is CCC1CN(C(=O)C(C)C)CCC1NCc1cn[nH]c1C. The summed E-state index contributed by atoms with van der Waals surface area (Å²) >= 11 is 0. The first kappa shape index (κ1) is 16.0. The molecule has 1 aliphatic heterocycles. The summed E-state index contributed by atoms with van der Waals surface area (Å²) in [4.78, 5) is 14.2. The smallest absolute Gasteiger partial charge is 0.225 e. The van der Waals surface area contributed by atoms with Crippen molar-refractivity contribution in [1.82, 2.24) is 20.4 Å². The molecule has 2 heterocycles. The Morgan fingerprint density at radius 2 is 2.33 bits per heavy atom. The van der Waals surface area contributed by atoms with Crippen molar-refractivity contribution in [2.75, 3.05) is 13.1 Å². The van der Waals surface area contributed by atoms with Crippen molar-refractivity contribution >= 4 is 5.91 Å². The highest BCUT2D eigenvalue weighted by Crippen LogP contribution is 2.22. The maximum atomic E-state index is 12.1. The zero-order valence-electron chi connectivity index (χ0n) is 13.6. The number of rotatable bonds is 5.